The van der Waals surface area contributed by atoms with Gasteiger partial charge in [0.1, 0.15) is 0 Å². The van der Waals surface area contributed by atoms with E-state index in [-0.39, 0.29) is 28.3 Å². The lowest BCUT2D eigenvalue weighted by molar-refractivity contribution is 1.11. The van der Waals surface area contributed by atoms with Crippen molar-refractivity contribution in [2.24, 2.45) is 0 Å². The molecule has 0 spiro atoms. The smallest absolute Gasteiger partial charge is 0.0170 e. The molecule has 13 heavy (non-hydrogen) atoms. The zero-order valence-corrected chi connectivity index (χ0v) is 18.1. The van der Waals surface area contributed by atoms with Crippen molar-refractivity contribution < 1.29 is 0 Å². The lowest BCUT2D eigenvalue weighted by Gasteiger charge is -2.35. The van der Waals surface area contributed by atoms with Gasteiger partial charge in [-0.2, -0.15) is 0 Å². The summed E-state index contributed by atoms with van der Waals surface area (Å²) in [7, 11) is 16.5. The Kier molecular flexibility index (Phi) is 12.3. The quantitative estimate of drug-likeness (QED) is 0.482. The maximum atomic E-state index is 3.04. The zero-order chi connectivity index (χ0) is 10.6. The molecule has 0 aromatic rings. The number of hydrogen-bond acceptors (Lipinski definition) is 0. The lowest BCUT2D eigenvalue weighted by Crippen LogP contribution is -1.83. The molecule has 0 radical (unpaired) electrons. The Morgan fingerprint density at radius 2 is 1.46 bits per heavy atom. The van der Waals surface area contributed by atoms with Crippen LogP contribution >= 0.6 is 80.9 Å². The van der Waals surface area contributed by atoms with Crippen LogP contribution in [0.3, 0.4) is 0 Å². The number of rotatable bonds is 5. The molecule has 0 aliphatic carbocycles. The molecular weight excluding hydrogens is 346 g/mol. The molecule has 0 amide bonds. The molecule has 0 aliphatic heterocycles. The summed E-state index contributed by atoms with van der Waals surface area (Å²) in [6.45, 7) is 5.33. The van der Waals surface area contributed by atoms with Crippen molar-refractivity contribution in [3.05, 3.63) is 0 Å². The Morgan fingerprint density at radius 1 is 1.00 bits per heavy atom. The second-order valence-corrected chi connectivity index (χ2v) is 38.4. The van der Waals surface area contributed by atoms with Gasteiger partial charge in [0.25, 0.3) is 0 Å². The van der Waals surface area contributed by atoms with Gasteiger partial charge in [0.05, 0.1) is 0 Å². The first-order valence-corrected chi connectivity index (χ1v) is 21.2. The predicted octanol–water partition coefficient (Wildman–Crippen LogP) is 6.61. The molecule has 0 aromatic carbocycles. The molecule has 0 N–H and O–H groups in total. The third-order valence-electron chi connectivity index (χ3n) is 1.23. The zero-order valence-electron chi connectivity index (χ0n) is 7.75. The monoisotopic (exact) mass is 364 g/mol. The normalized spacial score (nSPS) is 18.0. The summed E-state index contributed by atoms with van der Waals surface area (Å²) in [4.78, 5) is 0. The van der Waals surface area contributed by atoms with Gasteiger partial charge in [-0.05, 0) is 33.9 Å². The van der Waals surface area contributed by atoms with Crippen LogP contribution in [0.15, 0.2) is 0 Å². The molecule has 8 unspecified atom stereocenters. The van der Waals surface area contributed by atoms with Crippen LogP contribution in [0.4, 0.5) is 0 Å². The van der Waals surface area contributed by atoms with Crippen LogP contribution in [0, 0.1) is 0 Å². The molecule has 0 saturated carbocycles. The van der Waals surface area contributed by atoms with E-state index in [1.807, 2.05) is 0 Å². The molecule has 80 valence electrons. The summed E-state index contributed by atoms with van der Waals surface area (Å²) >= 11 is 0. The van der Waals surface area contributed by atoms with Crippen LogP contribution in [0.1, 0.15) is 13.8 Å². The molecule has 0 nitrogen and oxygen atoms in total. The first-order valence-electron chi connectivity index (χ1n) is 3.56. The highest BCUT2D eigenvalue weighted by atomic mass is 33.1. The van der Waals surface area contributed by atoms with Gasteiger partial charge < -0.3 is 0 Å². The van der Waals surface area contributed by atoms with E-state index in [1.54, 1.807) is 0 Å². The Hall–Kier alpha value is 4.30. The van der Waals surface area contributed by atoms with Crippen molar-refractivity contribution in [2.75, 3.05) is 0 Å². The van der Waals surface area contributed by atoms with Gasteiger partial charge in [-0.15, -0.1) is 44.6 Å². The summed E-state index contributed by atoms with van der Waals surface area (Å²) in [5, 5.41) is 0. The minimum atomic E-state index is 0.129. The van der Waals surface area contributed by atoms with Crippen LogP contribution in [-0.2, 0) is 0 Å². The maximum absolute atomic E-state index is 3.04. The van der Waals surface area contributed by atoms with Gasteiger partial charge in [0.15, 0.2) is 0 Å². The van der Waals surface area contributed by atoms with Crippen molar-refractivity contribution in [3.63, 3.8) is 0 Å². The minimum absolute atomic E-state index is 0.129. The Bertz CT molecular complexity index is 124. The van der Waals surface area contributed by atoms with Gasteiger partial charge in [0.2, 0.25) is 0 Å². The molecule has 0 fully saturated rings. The first kappa shape index (κ1) is 17.3. The summed E-state index contributed by atoms with van der Waals surface area (Å²) in [6.07, 6.45) is 0. The van der Waals surface area contributed by atoms with E-state index < -0.39 is 0 Å². The highest BCUT2D eigenvalue weighted by Gasteiger charge is 2.28. The van der Waals surface area contributed by atoms with Crippen LogP contribution in [0.25, 0.3) is 0 Å². The van der Waals surface area contributed by atoms with Crippen molar-refractivity contribution >= 4 is 80.9 Å². The minimum Gasteiger partial charge on any atom is -0.109 e. The van der Waals surface area contributed by atoms with Crippen LogP contribution < -0.4 is 0 Å². The molecule has 0 heterocycles. The fraction of sp³-hybridized carbons (Fsp3) is 1.00. The third kappa shape index (κ3) is 6.70. The molecule has 0 bridgehead atoms. The SMILES string of the molecule is CC(C)P(P(P)P)P(PP)P(P)P. The van der Waals surface area contributed by atoms with E-state index in [0.29, 0.717) is 0 Å². The standard InChI is InChI=1S/C3H18P10/c1-3(2)10(11(5)6)13(9-4)12(7)8/h3,9H,4-8H2,1-2H3. The number of hydrogen-bond donors (Lipinski definition) is 0. The molecule has 0 rings (SSSR count). The highest BCUT2D eigenvalue weighted by molar-refractivity contribution is 9.11. The first-order chi connectivity index (χ1) is 5.91. The third-order valence-corrected chi connectivity index (χ3v) is 53.0. The van der Waals surface area contributed by atoms with E-state index >= 15 is 0 Å². The maximum Gasteiger partial charge on any atom is -0.0170 e. The second kappa shape index (κ2) is 9.26. The van der Waals surface area contributed by atoms with Gasteiger partial charge in [0, 0.05) is 0 Å². The summed E-state index contributed by atoms with van der Waals surface area (Å²) < 4.78 is 0. The Morgan fingerprint density at radius 3 is 1.54 bits per heavy atom. The van der Waals surface area contributed by atoms with Crippen LogP contribution in [0.5, 0.6) is 0 Å². The van der Waals surface area contributed by atoms with E-state index in [0.717, 1.165) is 13.6 Å². The summed E-state index contributed by atoms with van der Waals surface area (Å²) in [5.41, 5.74) is 0.890. The van der Waals surface area contributed by atoms with E-state index in [2.05, 4.69) is 58.5 Å². The molecule has 0 aliphatic rings. The van der Waals surface area contributed by atoms with Gasteiger partial charge in [-0.25, -0.2) is 0 Å². The molecule has 0 saturated heterocycles. The van der Waals surface area contributed by atoms with Crippen molar-refractivity contribution in [1.29, 1.82) is 0 Å². The summed E-state index contributed by atoms with van der Waals surface area (Å²) in [5.74, 6) is 0. The lowest BCUT2D eigenvalue weighted by atomic mass is 10.6. The average Bonchev–Trinajstić information content (AvgIpc) is 1.97. The van der Waals surface area contributed by atoms with Crippen molar-refractivity contribution in [1.82, 2.24) is 0 Å². The fourth-order valence-electron chi connectivity index (χ4n) is 0.815. The van der Waals surface area contributed by atoms with Crippen molar-refractivity contribution in [2.45, 2.75) is 19.5 Å². The van der Waals surface area contributed by atoms with Crippen molar-refractivity contribution in [3.8, 4) is 0 Å². The largest absolute Gasteiger partial charge is 0.109 e. The van der Waals surface area contributed by atoms with Crippen LogP contribution in [-0.4, -0.2) is 5.66 Å². The molecule has 10 heteroatoms. The van der Waals surface area contributed by atoms with Gasteiger partial charge >= 0.3 is 0 Å². The summed E-state index contributed by atoms with van der Waals surface area (Å²) in [6, 6.07) is 0. The van der Waals surface area contributed by atoms with Gasteiger partial charge in [-0.1, -0.05) is 21.8 Å². The van der Waals surface area contributed by atoms with E-state index in [1.165, 1.54) is 0 Å². The molecular formula is C3H18P10. The predicted molar refractivity (Wildman–Crippen MR) is 99.7 cm³/mol. The fourth-order valence-corrected chi connectivity index (χ4v) is 78.1. The van der Waals surface area contributed by atoms with Gasteiger partial charge in [-0.3, -0.25) is 0 Å². The van der Waals surface area contributed by atoms with Crippen LogP contribution in [0.2, 0.25) is 0 Å². The Labute approximate surface area is 100 Å². The van der Waals surface area contributed by atoms with E-state index in [9.17, 15) is 0 Å². The molecule has 0 aromatic heterocycles. The topological polar surface area (TPSA) is 0 Å². The molecule has 8 atom stereocenters. The average molecular weight is 364 g/mol. The highest BCUT2D eigenvalue weighted by Crippen LogP contribution is 3.10. The Balaban J connectivity index is 4.49. The second-order valence-electron chi connectivity index (χ2n) is 2.59. The van der Waals surface area contributed by atoms with E-state index in [4.69, 9.17) is 0 Å².